The van der Waals surface area contributed by atoms with E-state index < -0.39 is 0 Å². The van der Waals surface area contributed by atoms with Gasteiger partial charge in [-0.05, 0) is 19.1 Å². The lowest BCUT2D eigenvalue weighted by Gasteiger charge is -2.21. The van der Waals surface area contributed by atoms with E-state index in [0.717, 1.165) is 17.9 Å². The highest BCUT2D eigenvalue weighted by Gasteiger charge is 2.22. The topological polar surface area (TPSA) is 51.5 Å². The molecule has 0 aliphatic carbocycles. The minimum Gasteiger partial charge on any atom is -0.464 e. The maximum absolute atomic E-state index is 10.9. The van der Waals surface area contributed by atoms with E-state index in [9.17, 15) is 4.79 Å². The molecule has 0 aromatic carbocycles. The second-order valence-corrected chi connectivity index (χ2v) is 3.07. The molecule has 0 unspecified atom stereocenters. The van der Waals surface area contributed by atoms with Gasteiger partial charge in [0.2, 0.25) is 0 Å². The van der Waals surface area contributed by atoms with Crippen molar-refractivity contribution in [3.8, 4) is 0 Å². The highest BCUT2D eigenvalue weighted by molar-refractivity contribution is 5.68. The third-order valence-corrected chi connectivity index (χ3v) is 2.04. The first-order valence-corrected chi connectivity index (χ1v) is 4.25. The van der Waals surface area contributed by atoms with E-state index in [2.05, 4.69) is 5.32 Å². The van der Waals surface area contributed by atoms with Crippen molar-refractivity contribution in [1.29, 1.82) is 0 Å². The number of furan rings is 1. The molecule has 1 saturated heterocycles. The van der Waals surface area contributed by atoms with Crippen LogP contribution in [0, 0.1) is 6.92 Å². The van der Waals surface area contributed by atoms with Crippen molar-refractivity contribution < 1.29 is 13.9 Å². The number of carbonyl (C=O) groups excluding carboxylic acids is 1. The first kappa shape index (κ1) is 8.16. The molecule has 1 aliphatic rings. The zero-order valence-corrected chi connectivity index (χ0v) is 7.37. The summed E-state index contributed by atoms with van der Waals surface area (Å²) >= 11 is 0. The zero-order valence-electron chi connectivity index (χ0n) is 7.37. The smallest absolute Gasteiger partial charge is 0.407 e. The Labute approximate surface area is 75.9 Å². The summed E-state index contributed by atoms with van der Waals surface area (Å²) in [4.78, 5) is 10.9. The summed E-state index contributed by atoms with van der Waals surface area (Å²) in [6.45, 7) is 2.33. The van der Waals surface area contributed by atoms with Crippen molar-refractivity contribution in [1.82, 2.24) is 5.32 Å². The molecule has 1 fully saturated rings. The van der Waals surface area contributed by atoms with E-state index in [1.807, 2.05) is 19.1 Å². The number of amides is 1. The summed E-state index contributed by atoms with van der Waals surface area (Å²) in [5, 5.41) is 2.69. The second-order valence-electron chi connectivity index (χ2n) is 3.07. The van der Waals surface area contributed by atoms with Crippen molar-refractivity contribution in [2.75, 3.05) is 6.61 Å². The van der Waals surface area contributed by atoms with Gasteiger partial charge in [-0.2, -0.15) is 0 Å². The molecule has 1 aliphatic heterocycles. The average molecular weight is 181 g/mol. The molecule has 1 N–H and O–H groups in total. The fourth-order valence-electron chi connectivity index (χ4n) is 1.38. The minimum atomic E-state index is -0.370. The van der Waals surface area contributed by atoms with Gasteiger partial charge in [-0.25, -0.2) is 4.79 Å². The van der Waals surface area contributed by atoms with Gasteiger partial charge in [-0.1, -0.05) is 0 Å². The number of nitrogens with one attached hydrogen (secondary N) is 1. The molecule has 0 spiro atoms. The van der Waals surface area contributed by atoms with Gasteiger partial charge in [0.15, 0.2) is 0 Å². The molecule has 1 aromatic rings. The normalized spacial score (nSPS) is 22.2. The van der Waals surface area contributed by atoms with Gasteiger partial charge in [-0.15, -0.1) is 0 Å². The Morgan fingerprint density at radius 3 is 3.00 bits per heavy atom. The largest absolute Gasteiger partial charge is 0.464 e. The lowest BCUT2D eigenvalue weighted by molar-refractivity contribution is 0.111. The molecule has 2 heterocycles. The van der Waals surface area contributed by atoms with E-state index >= 15 is 0 Å². The fraction of sp³-hybridized carbons (Fsp3) is 0.444. The molecular formula is C9H11NO3. The second kappa shape index (κ2) is 3.12. The Hall–Kier alpha value is -1.45. The Bertz CT molecular complexity index is 318. The molecule has 1 atom stereocenters. The summed E-state index contributed by atoms with van der Waals surface area (Å²) in [7, 11) is 0. The van der Waals surface area contributed by atoms with Gasteiger partial charge in [0, 0.05) is 6.42 Å². The average Bonchev–Trinajstić information content (AvgIpc) is 2.52. The SMILES string of the molecule is Cc1ccc([C@@H]2CCOC(=O)N2)o1. The van der Waals surface area contributed by atoms with Crippen LogP contribution in [0.4, 0.5) is 4.79 Å². The lowest BCUT2D eigenvalue weighted by Crippen LogP contribution is -2.35. The van der Waals surface area contributed by atoms with Gasteiger partial charge < -0.3 is 14.5 Å². The van der Waals surface area contributed by atoms with Crippen LogP contribution in [-0.4, -0.2) is 12.7 Å². The lowest BCUT2D eigenvalue weighted by atomic mass is 10.1. The number of hydrogen-bond donors (Lipinski definition) is 1. The number of ether oxygens (including phenoxy) is 1. The van der Waals surface area contributed by atoms with Crippen molar-refractivity contribution in [2.24, 2.45) is 0 Å². The van der Waals surface area contributed by atoms with Crippen molar-refractivity contribution in [3.63, 3.8) is 0 Å². The summed E-state index contributed by atoms with van der Waals surface area (Å²) < 4.78 is 10.1. The summed E-state index contributed by atoms with van der Waals surface area (Å²) in [6.07, 6.45) is 0.393. The number of cyclic esters (lactones) is 1. The zero-order chi connectivity index (χ0) is 9.26. The van der Waals surface area contributed by atoms with Crippen molar-refractivity contribution >= 4 is 6.09 Å². The first-order chi connectivity index (χ1) is 6.25. The number of rotatable bonds is 1. The summed E-state index contributed by atoms with van der Waals surface area (Å²) in [6, 6.07) is 3.73. The molecule has 0 saturated carbocycles. The predicted molar refractivity (Wildman–Crippen MR) is 45.3 cm³/mol. The number of aryl methyl sites for hydroxylation is 1. The van der Waals surface area contributed by atoms with Crippen LogP contribution in [0.15, 0.2) is 16.5 Å². The molecule has 0 bridgehead atoms. The van der Waals surface area contributed by atoms with E-state index in [-0.39, 0.29) is 12.1 Å². The van der Waals surface area contributed by atoms with Crippen LogP contribution in [0.25, 0.3) is 0 Å². The van der Waals surface area contributed by atoms with Crippen LogP contribution in [0.1, 0.15) is 24.0 Å². The predicted octanol–water partition coefficient (Wildman–Crippen LogP) is 1.76. The Morgan fingerprint density at radius 1 is 1.54 bits per heavy atom. The summed E-state index contributed by atoms with van der Waals surface area (Å²) in [5.41, 5.74) is 0. The van der Waals surface area contributed by atoms with Gasteiger partial charge in [0.05, 0.1) is 12.6 Å². The third kappa shape index (κ3) is 1.66. The Kier molecular flexibility index (Phi) is 1.96. The molecule has 4 nitrogen and oxygen atoms in total. The highest BCUT2D eigenvalue weighted by Crippen LogP contribution is 2.21. The minimum absolute atomic E-state index is 0.0325. The van der Waals surface area contributed by atoms with Crippen LogP contribution in [-0.2, 0) is 4.74 Å². The molecular weight excluding hydrogens is 170 g/mol. The van der Waals surface area contributed by atoms with Gasteiger partial charge in [0.25, 0.3) is 0 Å². The monoisotopic (exact) mass is 181 g/mol. The van der Waals surface area contributed by atoms with Crippen LogP contribution in [0.5, 0.6) is 0 Å². The quantitative estimate of drug-likeness (QED) is 0.718. The molecule has 0 radical (unpaired) electrons. The van der Waals surface area contributed by atoms with Gasteiger partial charge >= 0.3 is 6.09 Å². The maximum Gasteiger partial charge on any atom is 0.407 e. The van der Waals surface area contributed by atoms with Gasteiger partial charge in [0.1, 0.15) is 11.5 Å². The number of carbonyl (C=O) groups is 1. The molecule has 2 rings (SSSR count). The summed E-state index contributed by atoms with van der Waals surface area (Å²) in [5.74, 6) is 1.66. The van der Waals surface area contributed by atoms with Crippen LogP contribution in [0.3, 0.4) is 0 Å². The van der Waals surface area contributed by atoms with E-state index in [1.165, 1.54) is 0 Å². The standard InChI is InChI=1S/C9H11NO3/c1-6-2-3-8(13-6)7-4-5-12-9(11)10-7/h2-3,7H,4-5H2,1H3,(H,10,11)/t7-/m0/s1. The van der Waals surface area contributed by atoms with E-state index in [1.54, 1.807) is 0 Å². The first-order valence-electron chi connectivity index (χ1n) is 4.25. The number of hydrogen-bond acceptors (Lipinski definition) is 3. The Balaban J connectivity index is 2.12. The Morgan fingerprint density at radius 2 is 2.38 bits per heavy atom. The van der Waals surface area contributed by atoms with Gasteiger partial charge in [-0.3, -0.25) is 0 Å². The molecule has 4 heteroatoms. The molecule has 70 valence electrons. The maximum atomic E-state index is 10.9. The molecule has 1 amide bonds. The third-order valence-electron chi connectivity index (χ3n) is 2.04. The van der Waals surface area contributed by atoms with Crippen LogP contribution in [0.2, 0.25) is 0 Å². The van der Waals surface area contributed by atoms with Crippen molar-refractivity contribution in [2.45, 2.75) is 19.4 Å². The fourth-order valence-corrected chi connectivity index (χ4v) is 1.38. The van der Waals surface area contributed by atoms with E-state index in [4.69, 9.17) is 9.15 Å². The van der Waals surface area contributed by atoms with Crippen molar-refractivity contribution in [3.05, 3.63) is 23.7 Å². The van der Waals surface area contributed by atoms with Crippen LogP contribution >= 0.6 is 0 Å². The van der Waals surface area contributed by atoms with Crippen LogP contribution < -0.4 is 5.32 Å². The molecule has 13 heavy (non-hydrogen) atoms. The molecule has 1 aromatic heterocycles. The van der Waals surface area contributed by atoms with E-state index in [0.29, 0.717) is 6.61 Å². The highest BCUT2D eigenvalue weighted by atomic mass is 16.6. The number of alkyl carbamates (subject to hydrolysis) is 1.